The maximum Gasteiger partial charge on any atom is 0.323 e. The highest BCUT2D eigenvalue weighted by atomic mass is 16.2. The van der Waals surface area contributed by atoms with Crippen molar-refractivity contribution in [3.8, 4) is 0 Å². The minimum Gasteiger partial charge on any atom is -0.342 e. The van der Waals surface area contributed by atoms with Gasteiger partial charge >= 0.3 is 6.03 Å². The second kappa shape index (κ2) is 9.73. The number of para-hydroxylation sites is 1. The van der Waals surface area contributed by atoms with Crippen molar-refractivity contribution in [2.45, 2.75) is 26.3 Å². The van der Waals surface area contributed by atoms with Crippen molar-refractivity contribution < 1.29 is 9.59 Å². The number of hydrogen-bond acceptors (Lipinski definition) is 3. The third-order valence-electron chi connectivity index (χ3n) is 4.42. The second-order valence-corrected chi connectivity index (χ2v) is 6.95. The van der Waals surface area contributed by atoms with Crippen molar-refractivity contribution in [1.29, 1.82) is 0 Å². The zero-order chi connectivity index (χ0) is 19.8. The fourth-order valence-electron chi connectivity index (χ4n) is 2.51. The first kappa shape index (κ1) is 20.5. The number of carbonyl (C=O) groups excluding carboxylic acids is 2. The van der Waals surface area contributed by atoms with Crippen LogP contribution in [0.4, 0.5) is 16.2 Å². The summed E-state index contributed by atoms with van der Waals surface area (Å²) >= 11 is 0. The molecule has 0 aromatic heterocycles. The van der Waals surface area contributed by atoms with Crippen LogP contribution in [0.5, 0.6) is 0 Å². The van der Waals surface area contributed by atoms with Crippen molar-refractivity contribution in [3.05, 3.63) is 60.2 Å². The normalized spacial score (nSPS) is 11.7. The Bertz CT molecular complexity index is 745. The van der Waals surface area contributed by atoms with E-state index < -0.39 is 0 Å². The number of nitrogens with zero attached hydrogens (tertiary/aromatic N) is 1. The fraction of sp³-hybridized carbons (Fsp3) is 0.333. The van der Waals surface area contributed by atoms with Crippen molar-refractivity contribution in [2.75, 3.05) is 24.2 Å². The average molecular weight is 368 g/mol. The van der Waals surface area contributed by atoms with E-state index in [1.807, 2.05) is 30.3 Å². The molecule has 0 saturated carbocycles. The molecule has 2 aromatic rings. The Morgan fingerprint density at radius 2 is 1.52 bits per heavy atom. The van der Waals surface area contributed by atoms with Crippen LogP contribution in [-0.4, -0.2) is 36.5 Å². The highest BCUT2D eigenvalue weighted by molar-refractivity contribution is 6.00. The predicted octanol–water partition coefficient (Wildman–Crippen LogP) is 3.78. The first-order chi connectivity index (χ1) is 12.9. The van der Waals surface area contributed by atoms with Gasteiger partial charge in [0, 0.05) is 36.6 Å². The minimum atomic E-state index is -0.333. The SMILES string of the molecule is CC(C)C(N)CCN(C)C(=O)c1ccc(NC(=O)Nc2ccccc2)cc1. The summed E-state index contributed by atoms with van der Waals surface area (Å²) in [5.74, 6) is 0.326. The third-order valence-corrected chi connectivity index (χ3v) is 4.42. The molecule has 3 amide bonds. The van der Waals surface area contributed by atoms with Gasteiger partial charge < -0.3 is 21.3 Å². The monoisotopic (exact) mass is 368 g/mol. The average Bonchev–Trinajstić information content (AvgIpc) is 2.66. The molecule has 1 unspecified atom stereocenters. The summed E-state index contributed by atoms with van der Waals surface area (Å²) < 4.78 is 0. The molecule has 0 aliphatic heterocycles. The minimum absolute atomic E-state index is 0.0637. The van der Waals surface area contributed by atoms with Gasteiger partial charge in [-0.3, -0.25) is 4.79 Å². The molecule has 4 N–H and O–H groups in total. The van der Waals surface area contributed by atoms with Gasteiger partial charge in [0.1, 0.15) is 0 Å². The Morgan fingerprint density at radius 3 is 2.07 bits per heavy atom. The second-order valence-electron chi connectivity index (χ2n) is 6.95. The van der Waals surface area contributed by atoms with Crippen LogP contribution in [0.2, 0.25) is 0 Å². The van der Waals surface area contributed by atoms with E-state index >= 15 is 0 Å². The molecule has 0 saturated heterocycles. The van der Waals surface area contributed by atoms with Crippen LogP contribution in [0.25, 0.3) is 0 Å². The van der Waals surface area contributed by atoms with Crippen molar-refractivity contribution >= 4 is 23.3 Å². The predicted molar refractivity (Wildman–Crippen MR) is 110 cm³/mol. The molecule has 0 bridgehead atoms. The highest BCUT2D eigenvalue weighted by Crippen LogP contribution is 2.13. The number of nitrogens with one attached hydrogen (secondary N) is 2. The summed E-state index contributed by atoms with van der Waals surface area (Å²) in [5, 5.41) is 5.49. The lowest BCUT2D eigenvalue weighted by molar-refractivity contribution is 0.0789. The summed E-state index contributed by atoms with van der Waals surface area (Å²) in [6, 6.07) is 15.8. The zero-order valence-corrected chi connectivity index (χ0v) is 16.1. The molecular formula is C21H28N4O2. The van der Waals surface area contributed by atoms with E-state index in [-0.39, 0.29) is 18.0 Å². The number of amides is 3. The number of nitrogens with two attached hydrogens (primary N) is 1. The van der Waals surface area contributed by atoms with Gasteiger partial charge in [0.15, 0.2) is 0 Å². The van der Waals surface area contributed by atoms with Gasteiger partial charge in [0.05, 0.1) is 0 Å². The van der Waals surface area contributed by atoms with E-state index in [9.17, 15) is 9.59 Å². The van der Waals surface area contributed by atoms with Gasteiger partial charge in [-0.2, -0.15) is 0 Å². The quantitative estimate of drug-likeness (QED) is 0.695. The first-order valence-electron chi connectivity index (χ1n) is 9.11. The summed E-state index contributed by atoms with van der Waals surface area (Å²) in [4.78, 5) is 26.2. The number of hydrogen-bond donors (Lipinski definition) is 3. The molecule has 0 heterocycles. The molecule has 6 nitrogen and oxygen atoms in total. The van der Waals surface area contributed by atoms with Crippen molar-refractivity contribution in [3.63, 3.8) is 0 Å². The van der Waals surface area contributed by atoms with Gasteiger partial charge in [-0.05, 0) is 48.7 Å². The van der Waals surface area contributed by atoms with Gasteiger partial charge in [0.2, 0.25) is 0 Å². The number of rotatable bonds is 7. The molecule has 1 atom stereocenters. The molecule has 0 aliphatic rings. The lowest BCUT2D eigenvalue weighted by atomic mass is 10.0. The molecule has 2 aromatic carbocycles. The van der Waals surface area contributed by atoms with Crippen LogP contribution in [0.15, 0.2) is 54.6 Å². The van der Waals surface area contributed by atoms with E-state index in [2.05, 4.69) is 24.5 Å². The Morgan fingerprint density at radius 1 is 0.963 bits per heavy atom. The topological polar surface area (TPSA) is 87.5 Å². The van der Waals surface area contributed by atoms with E-state index in [0.717, 1.165) is 6.42 Å². The summed E-state index contributed by atoms with van der Waals surface area (Å²) in [6.45, 7) is 4.76. The van der Waals surface area contributed by atoms with E-state index in [4.69, 9.17) is 5.73 Å². The maximum atomic E-state index is 12.5. The van der Waals surface area contributed by atoms with E-state index in [1.165, 1.54) is 0 Å². The largest absolute Gasteiger partial charge is 0.342 e. The van der Waals surface area contributed by atoms with Gasteiger partial charge in [0.25, 0.3) is 5.91 Å². The smallest absolute Gasteiger partial charge is 0.323 e. The Labute approximate surface area is 160 Å². The molecule has 144 valence electrons. The lowest BCUT2D eigenvalue weighted by Crippen LogP contribution is -2.34. The summed E-state index contributed by atoms with van der Waals surface area (Å²) in [7, 11) is 1.77. The molecule has 0 aliphatic carbocycles. The number of benzene rings is 2. The number of anilines is 2. The number of urea groups is 1. The Kier molecular flexibility index (Phi) is 7.37. The molecule has 27 heavy (non-hydrogen) atoms. The van der Waals surface area contributed by atoms with Crippen LogP contribution < -0.4 is 16.4 Å². The van der Waals surface area contributed by atoms with Crippen LogP contribution in [0.1, 0.15) is 30.6 Å². The van der Waals surface area contributed by atoms with Gasteiger partial charge in [-0.25, -0.2) is 4.79 Å². The fourth-order valence-corrected chi connectivity index (χ4v) is 2.51. The molecule has 0 spiro atoms. The van der Waals surface area contributed by atoms with Crippen LogP contribution in [0.3, 0.4) is 0 Å². The number of carbonyl (C=O) groups is 2. The standard InChI is InChI=1S/C21H28N4O2/c1-15(2)19(22)13-14-25(3)20(26)16-9-11-18(12-10-16)24-21(27)23-17-7-5-4-6-8-17/h4-12,15,19H,13-14,22H2,1-3H3,(H2,23,24,27). The molecule has 6 heteroatoms. The van der Waals surface area contributed by atoms with Crippen molar-refractivity contribution in [2.24, 2.45) is 11.7 Å². The van der Waals surface area contributed by atoms with Gasteiger partial charge in [-0.1, -0.05) is 32.0 Å². The van der Waals surface area contributed by atoms with E-state index in [1.54, 1.807) is 36.2 Å². The van der Waals surface area contributed by atoms with E-state index in [0.29, 0.717) is 29.4 Å². The molecular weight excluding hydrogens is 340 g/mol. The highest BCUT2D eigenvalue weighted by Gasteiger charge is 2.14. The Hall–Kier alpha value is -2.86. The van der Waals surface area contributed by atoms with Crippen LogP contribution >= 0.6 is 0 Å². The van der Waals surface area contributed by atoms with Crippen molar-refractivity contribution in [1.82, 2.24) is 4.90 Å². The molecule has 0 fully saturated rings. The summed E-state index contributed by atoms with van der Waals surface area (Å²) in [5.41, 5.74) is 7.94. The van der Waals surface area contributed by atoms with Crippen LogP contribution in [-0.2, 0) is 0 Å². The molecule has 2 rings (SSSR count). The van der Waals surface area contributed by atoms with Crippen LogP contribution in [0, 0.1) is 5.92 Å². The summed E-state index contributed by atoms with van der Waals surface area (Å²) in [6.07, 6.45) is 0.763. The molecule has 0 radical (unpaired) electrons. The first-order valence-corrected chi connectivity index (χ1v) is 9.11. The third kappa shape index (κ3) is 6.42. The zero-order valence-electron chi connectivity index (χ0n) is 16.1. The Balaban J connectivity index is 1.88. The van der Waals surface area contributed by atoms with Gasteiger partial charge in [-0.15, -0.1) is 0 Å². The lowest BCUT2D eigenvalue weighted by Gasteiger charge is -2.21. The maximum absolute atomic E-state index is 12.5.